The average Bonchev–Trinajstić information content (AvgIpc) is 2.57. The first-order chi connectivity index (χ1) is 10.8. The highest BCUT2D eigenvalue weighted by Gasteiger charge is 2.30. The van der Waals surface area contributed by atoms with Gasteiger partial charge < -0.3 is 10.1 Å². The number of likely N-dealkylation sites (N-methyl/N-ethyl adjacent to an activating group) is 1. The lowest BCUT2D eigenvalue weighted by Crippen LogP contribution is -2.47. The molecule has 0 saturated carbocycles. The average molecular weight is 298 g/mol. The van der Waals surface area contributed by atoms with E-state index in [0.29, 0.717) is 0 Å². The Balaban J connectivity index is 1.63. The fourth-order valence-electron chi connectivity index (χ4n) is 2.93. The van der Waals surface area contributed by atoms with Gasteiger partial charge >= 0.3 is 0 Å². The Morgan fingerprint density at radius 2 is 2.00 bits per heavy atom. The van der Waals surface area contributed by atoms with Gasteiger partial charge in [0.1, 0.15) is 6.33 Å². The molecule has 0 bridgehead atoms. The first-order valence-electron chi connectivity index (χ1n) is 7.66. The zero-order valence-electron chi connectivity index (χ0n) is 12.9. The molecular weight excluding hydrogens is 276 g/mol. The Morgan fingerprint density at radius 3 is 2.77 bits per heavy atom. The van der Waals surface area contributed by atoms with Gasteiger partial charge in [-0.05, 0) is 12.6 Å². The molecule has 2 atom stereocenters. The number of ether oxygens (including phenoxy) is 1. The smallest absolute Gasteiger partial charge is 0.115 e. The third kappa shape index (κ3) is 3.68. The second kappa shape index (κ2) is 7.45. The van der Waals surface area contributed by atoms with Gasteiger partial charge in [0.25, 0.3) is 0 Å². The SMILES string of the molecule is CN1CCO[C@@H](CNCc2cncnc2)[C@@H]1c1ccccc1. The van der Waals surface area contributed by atoms with Crippen LogP contribution in [0.25, 0.3) is 0 Å². The standard InChI is InChI=1S/C17H22N4O/c1-21-7-8-22-16(17(21)15-5-3-2-4-6-15)12-18-9-14-10-19-13-20-11-14/h2-6,10-11,13,16-18H,7-9,12H2,1H3/t16-,17-/m0/s1. The highest BCUT2D eigenvalue weighted by atomic mass is 16.5. The van der Waals surface area contributed by atoms with E-state index in [-0.39, 0.29) is 12.1 Å². The molecule has 0 amide bonds. The Bertz CT molecular complexity index is 563. The van der Waals surface area contributed by atoms with Gasteiger partial charge in [0.15, 0.2) is 0 Å². The maximum absolute atomic E-state index is 6.02. The van der Waals surface area contributed by atoms with E-state index in [1.807, 2.05) is 12.4 Å². The van der Waals surface area contributed by atoms with Crippen molar-refractivity contribution in [2.45, 2.75) is 18.7 Å². The van der Waals surface area contributed by atoms with Crippen LogP contribution in [0, 0.1) is 0 Å². The molecule has 2 aromatic rings. The second-order valence-corrected chi connectivity index (χ2v) is 5.62. The summed E-state index contributed by atoms with van der Waals surface area (Å²) in [6, 6.07) is 10.9. The minimum Gasteiger partial charge on any atom is -0.374 e. The zero-order chi connectivity index (χ0) is 15.2. The number of nitrogens with zero attached hydrogens (tertiary/aromatic N) is 3. The van der Waals surface area contributed by atoms with Crippen molar-refractivity contribution < 1.29 is 4.74 Å². The van der Waals surface area contributed by atoms with E-state index in [1.54, 1.807) is 6.33 Å². The van der Waals surface area contributed by atoms with E-state index >= 15 is 0 Å². The molecule has 5 heteroatoms. The highest BCUT2D eigenvalue weighted by molar-refractivity contribution is 5.21. The monoisotopic (exact) mass is 298 g/mol. The molecule has 1 aromatic carbocycles. The molecule has 1 fully saturated rings. The first-order valence-corrected chi connectivity index (χ1v) is 7.66. The van der Waals surface area contributed by atoms with Crippen molar-refractivity contribution in [3.05, 3.63) is 60.2 Å². The molecule has 0 aliphatic carbocycles. The predicted octanol–water partition coefficient (Wildman–Crippen LogP) is 1.64. The van der Waals surface area contributed by atoms with Crippen LogP contribution in [0.3, 0.4) is 0 Å². The molecule has 1 aliphatic rings. The summed E-state index contributed by atoms with van der Waals surface area (Å²) in [5.74, 6) is 0. The van der Waals surface area contributed by atoms with E-state index in [4.69, 9.17) is 4.74 Å². The quantitative estimate of drug-likeness (QED) is 0.909. The molecule has 3 rings (SSSR count). The van der Waals surface area contributed by atoms with Crippen molar-refractivity contribution in [3.63, 3.8) is 0 Å². The lowest BCUT2D eigenvalue weighted by molar-refractivity contribution is -0.0615. The van der Waals surface area contributed by atoms with Crippen LogP contribution in [0.1, 0.15) is 17.2 Å². The summed E-state index contributed by atoms with van der Waals surface area (Å²) < 4.78 is 6.02. The lowest BCUT2D eigenvalue weighted by Gasteiger charge is -2.39. The minimum atomic E-state index is 0.144. The van der Waals surface area contributed by atoms with E-state index in [9.17, 15) is 0 Å². The van der Waals surface area contributed by atoms with Crippen molar-refractivity contribution in [3.8, 4) is 0 Å². The summed E-state index contributed by atoms with van der Waals surface area (Å²) in [7, 11) is 2.16. The fraction of sp³-hybridized carbons (Fsp3) is 0.412. The van der Waals surface area contributed by atoms with E-state index < -0.39 is 0 Å². The van der Waals surface area contributed by atoms with Gasteiger partial charge in [-0.1, -0.05) is 30.3 Å². The van der Waals surface area contributed by atoms with Gasteiger partial charge in [0.05, 0.1) is 18.8 Å². The van der Waals surface area contributed by atoms with Crippen LogP contribution in [0.15, 0.2) is 49.1 Å². The van der Waals surface area contributed by atoms with Gasteiger partial charge in [-0.15, -0.1) is 0 Å². The Labute approximate surface area is 131 Å². The van der Waals surface area contributed by atoms with Gasteiger partial charge in [-0.3, -0.25) is 4.90 Å². The summed E-state index contributed by atoms with van der Waals surface area (Å²) >= 11 is 0. The van der Waals surface area contributed by atoms with Crippen molar-refractivity contribution >= 4 is 0 Å². The van der Waals surface area contributed by atoms with Crippen LogP contribution in [-0.2, 0) is 11.3 Å². The molecule has 1 aliphatic heterocycles. The summed E-state index contributed by atoms with van der Waals surface area (Å²) in [6.45, 7) is 3.30. The summed E-state index contributed by atoms with van der Waals surface area (Å²) in [5.41, 5.74) is 2.39. The second-order valence-electron chi connectivity index (χ2n) is 5.62. The van der Waals surface area contributed by atoms with Crippen LogP contribution < -0.4 is 5.32 Å². The highest BCUT2D eigenvalue weighted by Crippen LogP contribution is 2.27. The number of benzene rings is 1. The fourth-order valence-corrected chi connectivity index (χ4v) is 2.93. The summed E-state index contributed by atoms with van der Waals surface area (Å²) in [6.07, 6.45) is 5.37. The molecule has 0 unspecified atom stereocenters. The summed E-state index contributed by atoms with van der Waals surface area (Å²) in [5, 5.41) is 3.46. The molecule has 2 heterocycles. The maximum Gasteiger partial charge on any atom is 0.115 e. The molecule has 1 saturated heterocycles. The topological polar surface area (TPSA) is 50.3 Å². The van der Waals surface area contributed by atoms with Gasteiger partial charge in [-0.25, -0.2) is 9.97 Å². The number of aromatic nitrogens is 2. The molecule has 0 spiro atoms. The predicted molar refractivity (Wildman–Crippen MR) is 85.3 cm³/mol. The van der Waals surface area contributed by atoms with E-state index in [2.05, 4.69) is 57.6 Å². The molecular formula is C17H22N4O. The Kier molecular flexibility index (Phi) is 5.11. The van der Waals surface area contributed by atoms with Crippen LogP contribution in [0.2, 0.25) is 0 Å². The largest absolute Gasteiger partial charge is 0.374 e. The summed E-state index contributed by atoms with van der Waals surface area (Å²) in [4.78, 5) is 10.4. The maximum atomic E-state index is 6.02. The molecule has 22 heavy (non-hydrogen) atoms. The minimum absolute atomic E-state index is 0.144. The van der Waals surface area contributed by atoms with Crippen molar-refractivity contribution in [1.82, 2.24) is 20.2 Å². The Morgan fingerprint density at radius 1 is 1.23 bits per heavy atom. The van der Waals surface area contributed by atoms with Crippen LogP contribution in [-0.4, -0.2) is 47.7 Å². The van der Waals surface area contributed by atoms with E-state index in [0.717, 1.165) is 31.8 Å². The lowest BCUT2D eigenvalue weighted by atomic mass is 9.98. The van der Waals surface area contributed by atoms with Crippen LogP contribution in [0.4, 0.5) is 0 Å². The molecule has 5 nitrogen and oxygen atoms in total. The third-order valence-electron chi connectivity index (χ3n) is 4.03. The van der Waals surface area contributed by atoms with Crippen molar-refractivity contribution in [2.75, 3.05) is 26.7 Å². The van der Waals surface area contributed by atoms with Crippen LogP contribution in [0.5, 0.6) is 0 Å². The first kappa shape index (κ1) is 15.1. The van der Waals surface area contributed by atoms with Gasteiger partial charge in [0, 0.05) is 37.6 Å². The molecule has 1 aromatic heterocycles. The Hall–Kier alpha value is -1.82. The van der Waals surface area contributed by atoms with Crippen molar-refractivity contribution in [1.29, 1.82) is 0 Å². The zero-order valence-corrected chi connectivity index (χ0v) is 12.9. The molecule has 1 N–H and O–H groups in total. The van der Waals surface area contributed by atoms with Gasteiger partial charge in [-0.2, -0.15) is 0 Å². The van der Waals surface area contributed by atoms with Gasteiger partial charge in [0.2, 0.25) is 0 Å². The molecule has 116 valence electrons. The third-order valence-corrected chi connectivity index (χ3v) is 4.03. The molecule has 0 radical (unpaired) electrons. The van der Waals surface area contributed by atoms with Crippen LogP contribution >= 0.6 is 0 Å². The van der Waals surface area contributed by atoms with E-state index in [1.165, 1.54) is 5.56 Å². The number of hydrogen-bond donors (Lipinski definition) is 1. The normalized spacial score (nSPS) is 22.6. The number of morpholine rings is 1. The number of nitrogens with one attached hydrogen (secondary N) is 1. The van der Waals surface area contributed by atoms with Crippen molar-refractivity contribution in [2.24, 2.45) is 0 Å². The number of hydrogen-bond acceptors (Lipinski definition) is 5. The number of rotatable bonds is 5.